The van der Waals surface area contributed by atoms with E-state index in [2.05, 4.69) is 0 Å². The third-order valence-corrected chi connectivity index (χ3v) is 0. The van der Waals surface area contributed by atoms with Gasteiger partial charge in [0.2, 0.25) is 0 Å². The van der Waals surface area contributed by atoms with Crippen molar-refractivity contribution in [2.75, 3.05) is 0 Å². The van der Waals surface area contributed by atoms with E-state index >= 15 is 0 Å². The second-order valence-electron chi connectivity index (χ2n) is 0.283. The first-order valence-electron chi connectivity index (χ1n) is 0.651. The predicted molar refractivity (Wildman–Crippen MR) is 10.9 cm³/mol. The molecule has 0 unspecified atom stereocenters. The zero-order chi connectivity index (χ0) is 3.58. The van der Waals surface area contributed by atoms with Gasteiger partial charge in [0.1, 0.15) is 0 Å². The van der Waals surface area contributed by atoms with E-state index < -0.39 is 9.17 Å². The van der Waals surface area contributed by atoms with Gasteiger partial charge >= 0.3 is 9.17 Å². The minimum atomic E-state index is -3.13. The molecule has 0 saturated heterocycles. The summed E-state index contributed by atoms with van der Waals surface area (Å²) in [5.74, 6) is 0. The van der Waals surface area contributed by atoms with Gasteiger partial charge in [0.15, 0.2) is 0 Å². The van der Waals surface area contributed by atoms with Crippen molar-refractivity contribution < 1.29 is 79.8 Å². The van der Waals surface area contributed by atoms with Crippen LogP contribution in [0.1, 0.15) is 0 Å². The Labute approximate surface area is 87.5 Å². The first-order valence-corrected chi connectivity index (χ1v) is 1.95. The summed E-state index contributed by atoms with van der Waals surface area (Å²) in [6.07, 6.45) is 0. The molecule has 0 fully saturated rings. The van der Waals surface area contributed by atoms with Crippen LogP contribution in [0.2, 0.25) is 0 Å². The second-order valence-corrected chi connectivity index (χ2v) is 0.848. The first-order chi connectivity index (χ1) is 1.73. The van der Waals surface area contributed by atoms with Crippen LogP contribution in [0.5, 0.6) is 0 Å². The number of rotatable bonds is 0. The Kier molecular flexibility index (Phi) is 25.9. The van der Waals surface area contributed by atoms with Crippen LogP contribution in [0.3, 0.4) is 0 Å². The molecule has 0 heterocycles. The first kappa shape index (κ1) is 15.7. The average Bonchev–Trinajstić information content (AvgIpc) is 0.811. The van der Waals surface area contributed by atoms with Crippen LogP contribution in [-0.4, -0.2) is 18.8 Å². The third-order valence-electron chi connectivity index (χ3n) is 0. The van der Waals surface area contributed by atoms with E-state index in [1.54, 1.807) is 0 Å². The van der Waals surface area contributed by atoms with E-state index in [9.17, 15) is 0 Å². The maximum absolute atomic E-state index is 8.74. The molecule has 0 rings (SSSR count). The Balaban J connectivity index is -0.0000000450. The molecule has 0 atom stereocenters. The summed E-state index contributed by atoms with van der Waals surface area (Å²) >= 11 is 0. The molecule has 0 bridgehead atoms. The van der Waals surface area contributed by atoms with Crippen molar-refractivity contribution >= 4 is 9.17 Å². The molecule has 0 aromatic carbocycles. The molecular weight excluding hydrogens is 278 g/mol. The van der Waals surface area contributed by atoms with Gasteiger partial charge in [0.25, 0.3) is 0 Å². The Hall–Kier alpha value is 1.81. The predicted octanol–water partition coefficient (Wildman–Crippen LogP) is -1.62. The molecule has 6 heteroatoms. The summed E-state index contributed by atoms with van der Waals surface area (Å²) in [6.45, 7) is 0. The van der Waals surface area contributed by atoms with Crippen LogP contribution >= 0.6 is 0 Å². The van der Waals surface area contributed by atoms with E-state index in [0.717, 1.165) is 0 Å². The van der Waals surface area contributed by atoms with Crippen LogP contribution in [0.25, 0.3) is 0 Å². The summed E-state index contributed by atoms with van der Waals surface area (Å²) in [5, 5.41) is 0. The summed E-state index contributed by atoms with van der Waals surface area (Å²) in [6, 6.07) is 0. The van der Waals surface area contributed by atoms with Gasteiger partial charge in [-0.2, -0.15) is 0 Å². The quantitative estimate of drug-likeness (QED) is 0.525. The maximum Gasteiger partial charge on any atom is 0.761 e. The molecule has 0 aromatic rings. The van der Waals surface area contributed by atoms with Gasteiger partial charge in [-0.3, -0.25) is 4.46 Å². The normalized spacial score (nSPS) is 4.00. The molecule has 3 nitrogen and oxygen atoms in total. The van der Waals surface area contributed by atoms with Crippen molar-refractivity contribution in [3.63, 3.8) is 0 Å². The van der Waals surface area contributed by atoms with E-state index in [1.165, 1.54) is 0 Å². The van der Waals surface area contributed by atoms with Crippen molar-refractivity contribution in [2.24, 2.45) is 0 Å². The van der Waals surface area contributed by atoms with Gasteiger partial charge in [-0.1, -0.05) is 0 Å². The molecule has 35 valence electrons. The largest absolute Gasteiger partial charge is 0.761 e. The van der Waals surface area contributed by atoms with Crippen molar-refractivity contribution in [2.45, 2.75) is 0 Å². The summed E-state index contributed by atoms with van der Waals surface area (Å²) < 4.78 is 8.74. The van der Waals surface area contributed by atoms with Gasteiger partial charge in [-0.05, 0) is 0 Å². The fourth-order valence-electron chi connectivity index (χ4n) is 0. The van der Waals surface area contributed by atoms with Crippen molar-refractivity contribution in [1.82, 2.24) is 0 Å². The summed E-state index contributed by atoms with van der Waals surface area (Å²) in [5.41, 5.74) is 0. The maximum atomic E-state index is 8.74. The van der Waals surface area contributed by atoms with Gasteiger partial charge in [0.05, 0.1) is 0 Å². The molecule has 0 aliphatic heterocycles. The minimum Gasteiger partial charge on any atom is -0.511 e. The van der Waals surface area contributed by atoms with E-state index in [4.69, 9.17) is 14.1 Å². The van der Waals surface area contributed by atoms with Crippen molar-refractivity contribution in [1.29, 1.82) is 0 Å². The molecule has 0 aliphatic rings. The van der Waals surface area contributed by atoms with Crippen LogP contribution < -0.4 is 0 Å². The van der Waals surface area contributed by atoms with Gasteiger partial charge in [-0.15, -0.1) is 0 Å². The molecule has 0 aromatic heterocycles. The molecular formula is H2GdO3ScSi. The second kappa shape index (κ2) is 9.94. The number of hydrogen-bond donors (Lipinski definition) is 2. The monoisotopic (exact) mass is 281 g/mol. The number of hydrogen-bond acceptors (Lipinski definition) is 1. The zero-order valence-corrected chi connectivity index (χ0v) is 7.81. The van der Waals surface area contributed by atoms with Gasteiger partial charge in [-0.25, -0.2) is 0 Å². The molecule has 0 spiro atoms. The van der Waals surface area contributed by atoms with Crippen LogP contribution in [-0.2, 0) is 30.3 Å². The van der Waals surface area contributed by atoms with E-state index in [1.807, 2.05) is 0 Å². The van der Waals surface area contributed by atoms with Crippen molar-refractivity contribution in [3.05, 3.63) is 0 Å². The fraction of sp³-hybridized carbons (Fsp3) is 0. The molecule has 1 radical (unpaired) electrons. The van der Waals surface area contributed by atoms with Gasteiger partial charge in [0, 0.05) is 65.8 Å². The minimum absolute atomic E-state index is 0. The molecule has 0 saturated carbocycles. The smallest absolute Gasteiger partial charge is 0.511 e. The van der Waals surface area contributed by atoms with Gasteiger partial charge < -0.3 is 9.59 Å². The average molecular weight is 280 g/mol. The summed E-state index contributed by atoms with van der Waals surface area (Å²) in [7, 11) is -3.13. The fourth-order valence-corrected chi connectivity index (χ4v) is 0. The van der Waals surface area contributed by atoms with E-state index in [-0.39, 0.29) is 65.8 Å². The van der Waals surface area contributed by atoms with Crippen LogP contribution in [0.4, 0.5) is 0 Å². The van der Waals surface area contributed by atoms with E-state index in [0.29, 0.717) is 0 Å². The Morgan fingerprint density at radius 2 is 1.33 bits per heavy atom. The van der Waals surface area contributed by atoms with Crippen molar-refractivity contribution in [3.8, 4) is 0 Å². The Morgan fingerprint density at radius 3 is 1.33 bits per heavy atom. The molecule has 0 aliphatic carbocycles. The SMILES string of the molecule is O=[Si](O)O.[Gd].[Sc]. The Bertz CT molecular complexity index is 33.8. The molecule has 2 N–H and O–H groups in total. The zero-order valence-electron chi connectivity index (χ0n) is 2.73. The molecule has 6 heavy (non-hydrogen) atoms. The van der Waals surface area contributed by atoms with Crippen LogP contribution in [0, 0.1) is 39.9 Å². The Morgan fingerprint density at radius 1 is 1.33 bits per heavy atom. The summed E-state index contributed by atoms with van der Waals surface area (Å²) in [4.78, 5) is 14.3. The standard InChI is InChI=1S/Gd.H2O3Si.Sc/c;1-4(2)3;/h;1-2H;. The topological polar surface area (TPSA) is 57.5 Å². The molecule has 0 amide bonds. The van der Waals surface area contributed by atoms with Crippen LogP contribution in [0.15, 0.2) is 0 Å². The third kappa shape index (κ3) is 41.0.